The van der Waals surface area contributed by atoms with E-state index in [2.05, 4.69) is 9.97 Å². The summed E-state index contributed by atoms with van der Waals surface area (Å²) in [7, 11) is 0. The number of rotatable bonds is 1. The number of aromatic hydroxyl groups is 1. The number of carboxylic acid groups (broad SMARTS) is 1. The maximum Gasteiger partial charge on any atom is 0.339 e. The molecule has 20 heavy (non-hydrogen) atoms. The molecule has 0 bridgehead atoms. The van der Waals surface area contributed by atoms with Crippen LogP contribution in [0.3, 0.4) is 0 Å². The van der Waals surface area contributed by atoms with Gasteiger partial charge >= 0.3 is 11.5 Å². The Morgan fingerprint density at radius 3 is 2.35 bits per heavy atom. The van der Waals surface area contributed by atoms with Crippen LogP contribution in [-0.4, -0.2) is 26.2 Å². The number of fused-ring (bicyclic) bond motifs is 1. The molecule has 0 fully saturated rings. The number of carboxylic acids is 1. The molecule has 0 spiro atoms. The monoisotopic (exact) mass is 272 g/mol. The minimum absolute atomic E-state index is 0.0671. The maximum absolute atomic E-state index is 10.8. The van der Waals surface area contributed by atoms with E-state index >= 15 is 0 Å². The van der Waals surface area contributed by atoms with E-state index in [9.17, 15) is 14.4 Å². The third-order valence-corrected chi connectivity index (χ3v) is 2.44. The SMILES string of the molecule is O=C(O)c1ccccc1O.O=c1nc2ccnc-2c1=O. The molecule has 1 aromatic carbocycles. The van der Waals surface area contributed by atoms with Crippen LogP contribution < -0.4 is 11.0 Å². The van der Waals surface area contributed by atoms with E-state index in [1.165, 1.54) is 24.4 Å². The van der Waals surface area contributed by atoms with Gasteiger partial charge in [-0.3, -0.25) is 14.6 Å². The molecule has 0 aliphatic carbocycles. The summed E-state index contributed by atoms with van der Waals surface area (Å²) in [4.78, 5) is 38.7. The molecule has 3 rings (SSSR count). The fourth-order valence-electron chi connectivity index (χ4n) is 1.51. The smallest absolute Gasteiger partial charge is 0.339 e. The molecule has 0 saturated carbocycles. The van der Waals surface area contributed by atoms with Crippen LogP contribution in [0.5, 0.6) is 5.75 Å². The van der Waals surface area contributed by atoms with Crippen molar-refractivity contribution >= 4 is 5.97 Å². The van der Waals surface area contributed by atoms with Crippen LogP contribution in [-0.2, 0) is 0 Å². The van der Waals surface area contributed by atoms with E-state index in [4.69, 9.17) is 10.2 Å². The number of aromatic nitrogens is 2. The van der Waals surface area contributed by atoms with Gasteiger partial charge in [0.05, 0.1) is 5.69 Å². The van der Waals surface area contributed by atoms with Gasteiger partial charge in [-0.1, -0.05) is 12.1 Å². The molecule has 0 radical (unpaired) electrons. The van der Waals surface area contributed by atoms with Crippen LogP contribution in [0.25, 0.3) is 11.4 Å². The van der Waals surface area contributed by atoms with Gasteiger partial charge in [0.25, 0.3) is 5.43 Å². The van der Waals surface area contributed by atoms with Gasteiger partial charge in [0.15, 0.2) is 0 Å². The standard InChI is InChI=1S/C7H6O3.C6H2N2O2/c8-6-4-2-1-3-5(6)7(9)10;9-5-4-3(1-2-7-4)8-6(5)10/h1-4,8H,(H,9,10);1-2H. The van der Waals surface area contributed by atoms with Crippen LogP contribution in [0.2, 0.25) is 0 Å². The summed E-state index contributed by atoms with van der Waals surface area (Å²) in [5.74, 6) is -1.31. The summed E-state index contributed by atoms with van der Waals surface area (Å²) < 4.78 is 0. The summed E-state index contributed by atoms with van der Waals surface area (Å²) in [6.45, 7) is 0. The van der Waals surface area contributed by atoms with Gasteiger partial charge in [-0.15, -0.1) is 0 Å². The molecule has 100 valence electrons. The average Bonchev–Trinajstić information content (AvgIpc) is 2.95. The van der Waals surface area contributed by atoms with E-state index in [0.29, 0.717) is 5.69 Å². The molecule has 2 aliphatic heterocycles. The molecule has 0 unspecified atom stereocenters. The number of carbonyl (C=O) groups is 1. The van der Waals surface area contributed by atoms with Gasteiger partial charge in [0, 0.05) is 6.20 Å². The van der Waals surface area contributed by atoms with Crippen molar-refractivity contribution in [2.75, 3.05) is 0 Å². The maximum atomic E-state index is 10.8. The van der Waals surface area contributed by atoms with Crippen LogP contribution in [0, 0.1) is 0 Å². The van der Waals surface area contributed by atoms with Crippen LogP contribution in [0.15, 0.2) is 46.1 Å². The Hall–Kier alpha value is -3.09. The van der Waals surface area contributed by atoms with Crippen molar-refractivity contribution in [1.29, 1.82) is 0 Å². The van der Waals surface area contributed by atoms with Gasteiger partial charge < -0.3 is 10.2 Å². The topological polar surface area (TPSA) is 117 Å². The summed E-state index contributed by atoms with van der Waals surface area (Å²) in [5.41, 5.74) is -0.791. The van der Waals surface area contributed by atoms with Crippen molar-refractivity contribution in [3.8, 4) is 17.1 Å². The average molecular weight is 272 g/mol. The minimum Gasteiger partial charge on any atom is -0.507 e. The van der Waals surface area contributed by atoms with Gasteiger partial charge in [0.1, 0.15) is 17.0 Å². The van der Waals surface area contributed by atoms with Gasteiger partial charge in [-0.05, 0) is 18.2 Å². The van der Waals surface area contributed by atoms with Crippen LogP contribution in [0.4, 0.5) is 0 Å². The van der Waals surface area contributed by atoms with Gasteiger partial charge in [0.2, 0.25) is 0 Å². The Labute approximate surface area is 111 Å². The molecule has 0 saturated heterocycles. The second kappa shape index (κ2) is 5.27. The van der Waals surface area contributed by atoms with Crippen molar-refractivity contribution in [1.82, 2.24) is 9.97 Å². The van der Waals surface area contributed by atoms with E-state index in [1.54, 1.807) is 12.1 Å². The first-order chi connectivity index (χ1) is 9.50. The van der Waals surface area contributed by atoms with E-state index in [-0.39, 0.29) is 17.0 Å². The van der Waals surface area contributed by atoms with Gasteiger partial charge in [-0.25, -0.2) is 9.78 Å². The number of aromatic carboxylic acids is 1. The molecule has 0 atom stereocenters. The highest BCUT2D eigenvalue weighted by molar-refractivity contribution is 5.90. The largest absolute Gasteiger partial charge is 0.507 e. The number of phenols is 1. The minimum atomic E-state index is -1.11. The lowest BCUT2D eigenvalue weighted by atomic mass is 10.2. The van der Waals surface area contributed by atoms with Crippen molar-refractivity contribution in [3.05, 3.63) is 62.7 Å². The fraction of sp³-hybridized carbons (Fsp3) is 0. The first kappa shape index (κ1) is 13.3. The number of hydrogen-bond acceptors (Lipinski definition) is 6. The molecule has 2 aliphatic rings. The van der Waals surface area contributed by atoms with Crippen LogP contribution in [0.1, 0.15) is 10.4 Å². The first-order valence-corrected chi connectivity index (χ1v) is 5.44. The molecule has 7 nitrogen and oxygen atoms in total. The summed E-state index contributed by atoms with van der Waals surface area (Å²) in [6.07, 6.45) is 1.46. The second-order valence-electron chi connectivity index (χ2n) is 3.75. The Morgan fingerprint density at radius 2 is 1.80 bits per heavy atom. The van der Waals surface area contributed by atoms with Crippen molar-refractivity contribution in [2.45, 2.75) is 0 Å². The number of benzene rings is 1. The highest BCUT2D eigenvalue weighted by atomic mass is 16.4. The zero-order chi connectivity index (χ0) is 14.7. The van der Waals surface area contributed by atoms with E-state index in [1.807, 2.05) is 0 Å². The third kappa shape index (κ3) is 2.51. The Balaban J connectivity index is 0.000000147. The zero-order valence-electron chi connectivity index (χ0n) is 9.98. The fourth-order valence-corrected chi connectivity index (χ4v) is 1.51. The number of nitrogens with zero attached hydrogens (tertiary/aromatic N) is 2. The van der Waals surface area contributed by atoms with Crippen LogP contribution >= 0.6 is 0 Å². The predicted octanol–water partition coefficient (Wildman–Crippen LogP) is 0.268. The predicted molar refractivity (Wildman–Crippen MR) is 68.6 cm³/mol. The first-order valence-electron chi connectivity index (χ1n) is 5.44. The Kier molecular flexibility index (Phi) is 3.52. The lowest BCUT2D eigenvalue weighted by Crippen LogP contribution is -2.19. The third-order valence-electron chi connectivity index (χ3n) is 2.44. The Morgan fingerprint density at radius 1 is 1.10 bits per heavy atom. The van der Waals surface area contributed by atoms with Crippen molar-refractivity contribution < 1.29 is 15.0 Å². The molecule has 2 N–H and O–H groups in total. The molecule has 0 amide bonds. The summed E-state index contributed by atoms with van der Waals surface area (Å²) in [6, 6.07) is 7.35. The molecular formula is C13H8N2O5. The lowest BCUT2D eigenvalue weighted by molar-refractivity contribution is 0.0693. The summed E-state index contributed by atoms with van der Waals surface area (Å²) >= 11 is 0. The molecule has 1 aromatic rings. The van der Waals surface area contributed by atoms with E-state index in [0.717, 1.165) is 0 Å². The molecular weight excluding hydrogens is 264 g/mol. The quantitative estimate of drug-likeness (QED) is 0.610. The molecule has 7 heteroatoms. The Bertz CT molecular complexity index is 804. The lowest BCUT2D eigenvalue weighted by Gasteiger charge is -1.95. The van der Waals surface area contributed by atoms with Crippen molar-refractivity contribution in [2.24, 2.45) is 0 Å². The highest BCUT2D eigenvalue weighted by Gasteiger charge is 2.14. The van der Waals surface area contributed by atoms with Crippen molar-refractivity contribution in [3.63, 3.8) is 0 Å². The molecule has 0 aromatic heterocycles. The number of hydrogen-bond donors (Lipinski definition) is 2. The summed E-state index contributed by atoms with van der Waals surface area (Å²) in [5, 5.41) is 17.3. The zero-order valence-corrected chi connectivity index (χ0v) is 9.98. The second-order valence-corrected chi connectivity index (χ2v) is 3.75. The van der Waals surface area contributed by atoms with E-state index < -0.39 is 17.0 Å². The normalized spacial score (nSPS) is 10.0. The van der Waals surface area contributed by atoms with Gasteiger partial charge in [-0.2, -0.15) is 0 Å². The highest BCUT2D eigenvalue weighted by Crippen LogP contribution is 2.14. The number of para-hydroxylation sites is 1. The molecule has 2 heterocycles.